The number of hydrogen-bond acceptors (Lipinski definition) is 6. The maximum atomic E-state index is 11.8. The molecule has 11 heteroatoms. The van der Waals surface area contributed by atoms with Gasteiger partial charge in [0.25, 0.3) is 0 Å². The molecule has 1 heterocycles. The van der Waals surface area contributed by atoms with Crippen molar-refractivity contribution in [1.29, 1.82) is 0 Å². The first-order valence-corrected chi connectivity index (χ1v) is 9.06. The van der Waals surface area contributed by atoms with Crippen LogP contribution >= 0.6 is 0 Å². The third-order valence-electron chi connectivity index (χ3n) is 2.24. The number of carboxylic acid groups (broad SMARTS) is 1. The van der Waals surface area contributed by atoms with Crippen molar-refractivity contribution in [3.63, 3.8) is 0 Å². The summed E-state index contributed by atoms with van der Waals surface area (Å²) < 4.78 is 48.7. The van der Waals surface area contributed by atoms with Gasteiger partial charge in [-0.25, -0.2) is 21.6 Å². The summed E-state index contributed by atoms with van der Waals surface area (Å²) in [6.07, 6.45) is 3.09. The van der Waals surface area contributed by atoms with Gasteiger partial charge >= 0.3 is 5.97 Å². The molecule has 0 aliphatic heterocycles. The lowest BCUT2D eigenvalue weighted by Gasteiger charge is -2.03. The second kappa shape index (κ2) is 6.33. The van der Waals surface area contributed by atoms with E-state index >= 15 is 0 Å². The first kappa shape index (κ1) is 16.6. The Balaban J connectivity index is 2.66. The molecule has 0 aliphatic rings. The highest BCUT2D eigenvalue weighted by molar-refractivity contribution is 7.91. The van der Waals surface area contributed by atoms with Gasteiger partial charge in [0.05, 0.1) is 24.9 Å². The lowest BCUT2D eigenvalue weighted by molar-refractivity contribution is -0.137. The zero-order valence-corrected chi connectivity index (χ0v) is 12.3. The van der Waals surface area contributed by atoms with E-state index in [1.807, 2.05) is 0 Å². The highest BCUT2D eigenvalue weighted by Gasteiger charge is 2.17. The summed E-state index contributed by atoms with van der Waals surface area (Å²) in [7, 11) is -7.10. The molecular formula is C9H15N3O6S2. The highest BCUT2D eigenvalue weighted by atomic mass is 32.2. The fourth-order valence-electron chi connectivity index (χ4n) is 1.26. The largest absolute Gasteiger partial charge is 0.481 e. The van der Waals surface area contributed by atoms with Gasteiger partial charge < -0.3 is 5.11 Å². The van der Waals surface area contributed by atoms with E-state index in [9.17, 15) is 21.6 Å². The fourth-order valence-corrected chi connectivity index (χ4v) is 2.85. The molecule has 0 atom stereocenters. The zero-order chi connectivity index (χ0) is 15.4. The number of carbonyl (C=O) groups is 1. The average Bonchev–Trinajstić information content (AvgIpc) is 2.73. The second-order valence-corrected chi connectivity index (χ2v) is 8.14. The SMILES string of the molecule is CS(=O)(=O)CCNS(=O)(=O)c1cnn(CCC(=O)O)c1. The minimum atomic E-state index is -3.85. The number of aliphatic carboxylic acids is 1. The lowest BCUT2D eigenvalue weighted by Crippen LogP contribution is -2.28. The Hall–Kier alpha value is -1.46. The van der Waals surface area contributed by atoms with Gasteiger partial charge in [0.2, 0.25) is 10.0 Å². The third-order valence-corrected chi connectivity index (χ3v) is 4.60. The van der Waals surface area contributed by atoms with E-state index in [1.165, 1.54) is 10.9 Å². The molecule has 114 valence electrons. The van der Waals surface area contributed by atoms with E-state index in [-0.39, 0.29) is 30.2 Å². The van der Waals surface area contributed by atoms with Crippen LogP contribution in [-0.4, -0.2) is 56.2 Å². The predicted molar refractivity (Wildman–Crippen MR) is 69.4 cm³/mol. The topological polar surface area (TPSA) is 135 Å². The minimum absolute atomic E-state index is 0.0498. The summed E-state index contributed by atoms with van der Waals surface area (Å²) in [5.74, 6) is -1.32. The van der Waals surface area contributed by atoms with Crippen molar-refractivity contribution in [3.8, 4) is 0 Å². The molecule has 0 unspecified atom stereocenters. The van der Waals surface area contributed by atoms with Crippen LogP contribution in [0.2, 0.25) is 0 Å². The maximum Gasteiger partial charge on any atom is 0.305 e. The molecule has 20 heavy (non-hydrogen) atoms. The Morgan fingerprint density at radius 1 is 1.40 bits per heavy atom. The van der Waals surface area contributed by atoms with Crippen LogP contribution in [0.4, 0.5) is 0 Å². The molecule has 9 nitrogen and oxygen atoms in total. The first-order valence-electron chi connectivity index (χ1n) is 5.52. The van der Waals surface area contributed by atoms with Gasteiger partial charge in [-0.05, 0) is 0 Å². The Morgan fingerprint density at radius 3 is 2.60 bits per heavy atom. The summed E-state index contributed by atoms with van der Waals surface area (Å²) in [4.78, 5) is 10.2. The molecule has 0 saturated heterocycles. The smallest absolute Gasteiger partial charge is 0.305 e. The van der Waals surface area contributed by atoms with Crippen molar-refractivity contribution in [3.05, 3.63) is 12.4 Å². The van der Waals surface area contributed by atoms with Gasteiger partial charge in [-0.3, -0.25) is 9.48 Å². The molecule has 1 rings (SSSR count). The van der Waals surface area contributed by atoms with Crippen molar-refractivity contribution < 1.29 is 26.7 Å². The standard InChI is InChI=1S/C9H15N3O6S2/c1-19(15,16)5-3-11-20(17,18)8-6-10-12(7-8)4-2-9(13)14/h6-7,11H,2-5H2,1H3,(H,13,14). The van der Waals surface area contributed by atoms with Crippen molar-refractivity contribution in [2.75, 3.05) is 18.6 Å². The first-order chi connectivity index (χ1) is 9.10. The number of hydrogen-bond donors (Lipinski definition) is 2. The van der Waals surface area contributed by atoms with Gasteiger partial charge in [0.15, 0.2) is 0 Å². The van der Waals surface area contributed by atoms with E-state index in [0.29, 0.717) is 0 Å². The molecule has 2 N–H and O–H groups in total. The van der Waals surface area contributed by atoms with Crippen LogP contribution in [0, 0.1) is 0 Å². The van der Waals surface area contributed by atoms with Crippen LogP contribution < -0.4 is 4.72 Å². The van der Waals surface area contributed by atoms with Crippen LogP contribution in [0.1, 0.15) is 6.42 Å². The molecule has 1 aromatic rings. The predicted octanol–water partition coefficient (Wildman–Crippen LogP) is -1.32. The summed E-state index contributed by atoms with van der Waals surface area (Å²) in [6.45, 7) is -0.185. The van der Waals surface area contributed by atoms with Gasteiger partial charge in [-0.15, -0.1) is 0 Å². The summed E-state index contributed by atoms with van der Waals surface area (Å²) in [5, 5.41) is 12.2. The van der Waals surface area contributed by atoms with Crippen LogP contribution in [0.15, 0.2) is 17.3 Å². The van der Waals surface area contributed by atoms with Crippen LogP contribution in [0.3, 0.4) is 0 Å². The second-order valence-electron chi connectivity index (χ2n) is 4.11. The normalized spacial score (nSPS) is 12.4. The Labute approximate surface area is 116 Å². The van der Waals surface area contributed by atoms with Gasteiger partial charge in [0.1, 0.15) is 14.7 Å². The van der Waals surface area contributed by atoms with Gasteiger partial charge in [-0.2, -0.15) is 5.10 Å². The van der Waals surface area contributed by atoms with Crippen LogP contribution in [-0.2, 0) is 31.2 Å². The number of nitrogens with one attached hydrogen (secondary N) is 1. The van der Waals surface area contributed by atoms with Crippen LogP contribution in [0.25, 0.3) is 0 Å². The zero-order valence-electron chi connectivity index (χ0n) is 10.7. The number of sulfonamides is 1. The molecule has 0 fully saturated rings. The average molecular weight is 325 g/mol. The van der Waals surface area contributed by atoms with E-state index in [4.69, 9.17) is 5.11 Å². The van der Waals surface area contributed by atoms with Gasteiger partial charge in [0, 0.05) is 19.0 Å². The molecule has 0 amide bonds. The lowest BCUT2D eigenvalue weighted by atomic mass is 10.4. The summed E-state index contributed by atoms with van der Waals surface area (Å²) >= 11 is 0. The molecule has 0 spiro atoms. The van der Waals surface area contributed by atoms with E-state index in [0.717, 1.165) is 12.5 Å². The number of aromatic nitrogens is 2. The molecule has 0 saturated carbocycles. The third kappa shape index (κ3) is 5.67. The van der Waals surface area contributed by atoms with Gasteiger partial charge in [-0.1, -0.05) is 0 Å². The molecular weight excluding hydrogens is 310 g/mol. The Morgan fingerprint density at radius 2 is 2.05 bits per heavy atom. The molecule has 0 bridgehead atoms. The Kier molecular flexibility index (Phi) is 5.25. The van der Waals surface area contributed by atoms with Crippen molar-refractivity contribution in [2.24, 2.45) is 0 Å². The monoisotopic (exact) mass is 325 g/mol. The van der Waals surface area contributed by atoms with E-state index < -0.39 is 25.8 Å². The van der Waals surface area contributed by atoms with Crippen LogP contribution in [0.5, 0.6) is 0 Å². The van der Waals surface area contributed by atoms with E-state index in [2.05, 4.69) is 9.82 Å². The number of aryl methyl sites for hydroxylation is 1. The molecule has 1 aromatic heterocycles. The fraction of sp³-hybridized carbons (Fsp3) is 0.556. The highest BCUT2D eigenvalue weighted by Crippen LogP contribution is 2.07. The van der Waals surface area contributed by atoms with E-state index in [1.54, 1.807) is 0 Å². The summed E-state index contributed by atoms with van der Waals surface area (Å²) in [6, 6.07) is 0. The molecule has 0 aliphatic carbocycles. The molecule has 0 radical (unpaired) electrons. The number of sulfone groups is 1. The van der Waals surface area contributed by atoms with Crippen molar-refractivity contribution in [2.45, 2.75) is 17.9 Å². The minimum Gasteiger partial charge on any atom is -0.481 e. The molecule has 0 aromatic carbocycles. The number of carboxylic acids is 1. The Bertz CT molecular complexity index is 676. The summed E-state index contributed by atoms with van der Waals surface area (Å²) in [5.41, 5.74) is 0. The number of rotatable bonds is 8. The van der Waals surface area contributed by atoms with Crippen molar-refractivity contribution >= 4 is 25.8 Å². The van der Waals surface area contributed by atoms with Crippen molar-refractivity contribution in [1.82, 2.24) is 14.5 Å². The maximum absolute atomic E-state index is 11.8. The quantitative estimate of drug-likeness (QED) is 0.605. The number of nitrogens with zero attached hydrogens (tertiary/aromatic N) is 2.